The molecule has 0 spiro atoms. The fourth-order valence-electron chi connectivity index (χ4n) is 1.54. The van der Waals surface area contributed by atoms with Gasteiger partial charge >= 0.3 is 0 Å². The highest BCUT2D eigenvalue weighted by Crippen LogP contribution is 2.24. The van der Waals surface area contributed by atoms with Crippen LogP contribution in [0.15, 0.2) is 36.4 Å². The van der Waals surface area contributed by atoms with E-state index in [0.717, 1.165) is 0 Å². The Labute approximate surface area is 114 Å². The number of hydrogen-bond donors (Lipinski definition) is 0. The molecule has 0 radical (unpaired) electrons. The van der Waals surface area contributed by atoms with Gasteiger partial charge in [0.25, 0.3) is 0 Å². The van der Waals surface area contributed by atoms with Crippen molar-refractivity contribution in [2.75, 3.05) is 0 Å². The Bertz CT molecular complexity index is 570. The van der Waals surface area contributed by atoms with Gasteiger partial charge in [-0.1, -0.05) is 35.3 Å². The highest BCUT2D eigenvalue weighted by Gasteiger charge is 2.12. The van der Waals surface area contributed by atoms with Crippen LogP contribution >= 0.6 is 23.2 Å². The van der Waals surface area contributed by atoms with Gasteiger partial charge in [-0.25, -0.2) is 4.39 Å². The summed E-state index contributed by atoms with van der Waals surface area (Å²) in [6.07, 6.45) is 0. The summed E-state index contributed by atoms with van der Waals surface area (Å²) in [6.45, 7) is 1.64. The molecule has 0 unspecified atom stereocenters. The third-order valence-corrected chi connectivity index (χ3v) is 3.35. The molecule has 0 aliphatic carbocycles. The zero-order valence-electron chi connectivity index (χ0n) is 9.51. The first-order valence-corrected chi connectivity index (χ1v) is 6.00. The molecular formula is C14H9Cl2FO. The summed E-state index contributed by atoms with van der Waals surface area (Å²) in [5, 5.41) is 0.679. The zero-order valence-corrected chi connectivity index (χ0v) is 11.0. The summed E-state index contributed by atoms with van der Waals surface area (Å²) in [4.78, 5) is 12.1. The minimum absolute atomic E-state index is 0.285. The second-order valence-corrected chi connectivity index (χ2v) is 4.74. The van der Waals surface area contributed by atoms with Gasteiger partial charge in [-0.15, -0.1) is 0 Å². The average Bonchev–Trinajstić information content (AvgIpc) is 2.35. The van der Waals surface area contributed by atoms with E-state index in [2.05, 4.69) is 0 Å². The van der Waals surface area contributed by atoms with E-state index in [1.54, 1.807) is 31.2 Å². The lowest BCUT2D eigenvalue weighted by molar-refractivity contribution is 0.103. The van der Waals surface area contributed by atoms with Crippen LogP contribution in [0.3, 0.4) is 0 Å². The molecule has 0 bridgehead atoms. The fraction of sp³-hybridized carbons (Fsp3) is 0.0714. The first kappa shape index (κ1) is 13.1. The van der Waals surface area contributed by atoms with Crippen molar-refractivity contribution in [3.63, 3.8) is 0 Å². The largest absolute Gasteiger partial charge is 0.289 e. The summed E-state index contributed by atoms with van der Waals surface area (Å²) in [7, 11) is 0. The van der Waals surface area contributed by atoms with E-state index in [-0.39, 0.29) is 11.3 Å². The van der Waals surface area contributed by atoms with Gasteiger partial charge in [-0.2, -0.15) is 0 Å². The molecule has 2 aromatic rings. The molecule has 18 heavy (non-hydrogen) atoms. The summed E-state index contributed by atoms with van der Waals surface area (Å²) in [5.74, 6) is -0.687. The monoisotopic (exact) mass is 282 g/mol. The van der Waals surface area contributed by atoms with Crippen molar-refractivity contribution in [2.24, 2.45) is 0 Å². The van der Waals surface area contributed by atoms with Crippen LogP contribution in [-0.2, 0) is 0 Å². The van der Waals surface area contributed by atoms with Gasteiger partial charge in [0.05, 0.1) is 10.0 Å². The van der Waals surface area contributed by atoms with Crippen molar-refractivity contribution in [3.8, 4) is 0 Å². The van der Waals surface area contributed by atoms with E-state index in [1.807, 2.05) is 0 Å². The Hall–Kier alpha value is -1.38. The van der Waals surface area contributed by atoms with Crippen molar-refractivity contribution >= 4 is 29.0 Å². The van der Waals surface area contributed by atoms with Crippen molar-refractivity contribution in [1.82, 2.24) is 0 Å². The lowest BCUT2D eigenvalue weighted by Crippen LogP contribution is -2.02. The van der Waals surface area contributed by atoms with E-state index in [9.17, 15) is 9.18 Å². The number of rotatable bonds is 2. The standard InChI is InChI=1S/C14H9Cl2FO/c1-8-2-3-10(7-13(8)17)14(18)9-4-5-11(15)12(16)6-9/h2-7H,1H3. The molecule has 0 atom stereocenters. The first-order chi connectivity index (χ1) is 8.49. The van der Waals surface area contributed by atoms with Crippen LogP contribution in [-0.4, -0.2) is 5.78 Å². The van der Waals surface area contributed by atoms with E-state index < -0.39 is 5.82 Å². The van der Waals surface area contributed by atoms with Gasteiger partial charge in [-0.05, 0) is 36.8 Å². The minimum Gasteiger partial charge on any atom is -0.289 e. The predicted octanol–water partition coefficient (Wildman–Crippen LogP) is 4.67. The first-order valence-electron chi connectivity index (χ1n) is 5.25. The number of halogens is 3. The third kappa shape index (κ3) is 2.55. The van der Waals surface area contributed by atoms with Crippen LogP contribution in [0.1, 0.15) is 21.5 Å². The highest BCUT2D eigenvalue weighted by atomic mass is 35.5. The van der Waals surface area contributed by atoms with Gasteiger partial charge in [0.1, 0.15) is 5.82 Å². The Morgan fingerprint density at radius 1 is 1.00 bits per heavy atom. The molecule has 0 amide bonds. The average molecular weight is 283 g/mol. The molecule has 2 rings (SSSR count). The lowest BCUT2D eigenvalue weighted by Gasteiger charge is -2.04. The highest BCUT2D eigenvalue weighted by molar-refractivity contribution is 6.42. The number of ketones is 1. The molecule has 0 aromatic heterocycles. The molecule has 0 saturated heterocycles. The molecule has 1 nitrogen and oxygen atoms in total. The zero-order chi connectivity index (χ0) is 13.3. The molecule has 4 heteroatoms. The summed E-state index contributed by atoms with van der Waals surface area (Å²) in [5.41, 5.74) is 1.17. The maximum absolute atomic E-state index is 13.4. The molecule has 0 aliphatic heterocycles. The molecular weight excluding hydrogens is 274 g/mol. The van der Waals surface area contributed by atoms with Crippen LogP contribution < -0.4 is 0 Å². The topological polar surface area (TPSA) is 17.1 Å². The van der Waals surface area contributed by atoms with Crippen molar-refractivity contribution < 1.29 is 9.18 Å². The molecule has 0 saturated carbocycles. The van der Waals surface area contributed by atoms with Crippen molar-refractivity contribution in [2.45, 2.75) is 6.92 Å². The Balaban J connectivity index is 2.41. The lowest BCUT2D eigenvalue weighted by atomic mass is 10.0. The maximum atomic E-state index is 13.4. The number of aryl methyl sites for hydroxylation is 1. The van der Waals surface area contributed by atoms with Gasteiger partial charge in [0, 0.05) is 11.1 Å². The van der Waals surface area contributed by atoms with Crippen LogP contribution in [0, 0.1) is 12.7 Å². The summed E-state index contributed by atoms with van der Waals surface area (Å²) < 4.78 is 13.4. The Kier molecular flexibility index (Phi) is 3.69. The van der Waals surface area contributed by atoms with Crippen LogP contribution in [0.4, 0.5) is 4.39 Å². The third-order valence-electron chi connectivity index (χ3n) is 2.62. The van der Waals surface area contributed by atoms with E-state index in [1.165, 1.54) is 12.1 Å². The van der Waals surface area contributed by atoms with Crippen LogP contribution in [0.5, 0.6) is 0 Å². The fourth-order valence-corrected chi connectivity index (χ4v) is 1.84. The van der Waals surface area contributed by atoms with Crippen molar-refractivity contribution in [3.05, 3.63) is 69.0 Å². The van der Waals surface area contributed by atoms with Gasteiger partial charge in [0.15, 0.2) is 5.78 Å². The SMILES string of the molecule is Cc1ccc(C(=O)c2ccc(Cl)c(Cl)c2)cc1F. The Morgan fingerprint density at radius 2 is 1.61 bits per heavy atom. The predicted molar refractivity (Wildman–Crippen MR) is 71.0 cm³/mol. The normalized spacial score (nSPS) is 10.4. The molecule has 0 fully saturated rings. The van der Waals surface area contributed by atoms with E-state index >= 15 is 0 Å². The van der Waals surface area contributed by atoms with Gasteiger partial charge in [0.2, 0.25) is 0 Å². The molecule has 2 aromatic carbocycles. The minimum atomic E-state index is -0.402. The molecule has 0 aliphatic rings. The summed E-state index contributed by atoms with van der Waals surface area (Å²) in [6, 6.07) is 8.96. The number of hydrogen-bond acceptors (Lipinski definition) is 1. The van der Waals surface area contributed by atoms with Crippen LogP contribution in [0.2, 0.25) is 10.0 Å². The molecule has 0 N–H and O–H groups in total. The summed E-state index contributed by atoms with van der Waals surface area (Å²) >= 11 is 11.6. The molecule has 0 heterocycles. The van der Waals surface area contributed by atoms with Crippen LogP contribution in [0.25, 0.3) is 0 Å². The smallest absolute Gasteiger partial charge is 0.193 e. The van der Waals surface area contributed by atoms with Gasteiger partial charge < -0.3 is 0 Å². The number of carbonyl (C=O) groups excluding carboxylic acids is 1. The second kappa shape index (κ2) is 5.09. The van der Waals surface area contributed by atoms with Crippen molar-refractivity contribution in [1.29, 1.82) is 0 Å². The number of carbonyl (C=O) groups is 1. The second-order valence-electron chi connectivity index (χ2n) is 3.92. The number of benzene rings is 2. The van der Waals surface area contributed by atoms with Gasteiger partial charge in [-0.3, -0.25) is 4.79 Å². The van der Waals surface area contributed by atoms with E-state index in [0.29, 0.717) is 21.2 Å². The Morgan fingerprint density at radius 3 is 2.22 bits per heavy atom. The van der Waals surface area contributed by atoms with E-state index in [4.69, 9.17) is 23.2 Å². The maximum Gasteiger partial charge on any atom is 0.193 e. The molecule has 92 valence electrons. The quantitative estimate of drug-likeness (QED) is 0.732.